The quantitative estimate of drug-likeness (QED) is 0.541. The summed E-state index contributed by atoms with van der Waals surface area (Å²) in [5.74, 6) is -0.409. The molecule has 6 nitrogen and oxygen atoms in total. The molecule has 0 bridgehead atoms. The molecule has 0 radical (unpaired) electrons. The first-order chi connectivity index (χ1) is 15.5. The molecule has 1 saturated heterocycles. The van der Waals surface area contributed by atoms with Crippen molar-refractivity contribution in [3.05, 3.63) is 45.3 Å². The Kier molecular flexibility index (Phi) is 7.16. The van der Waals surface area contributed by atoms with Gasteiger partial charge in [-0.3, -0.25) is 9.69 Å². The van der Waals surface area contributed by atoms with Crippen molar-refractivity contribution < 1.29 is 14.3 Å². The molecule has 1 aromatic carbocycles. The molecule has 2 aromatic rings. The van der Waals surface area contributed by atoms with Gasteiger partial charge in [-0.2, -0.15) is 0 Å². The number of piperazine rings is 1. The standard InChI is InChI=1S/C25H33N3O3S/c1-17-8-7-10-20(18(17)2)28-14-12-27(13-15-28)16-22(29)26-24-23(25(30)31-3)19-9-5-4-6-11-21(19)32-24/h7-8,10H,4-6,9,11-16H2,1-3H3,(H,26,29). The lowest BCUT2D eigenvalue weighted by Crippen LogP contribution is -2.48. The number of thiophene rings is 1. The lowest BCUT2D eigenvalue weighted by molar-refractivity contribution is -0.117. The SMILES string of the molecule is COC(=O)c1c(NC(=O)CN2CCN(c3cccc(C)c3C)CC2)sc2c1CCCCC2. The number of nitrogens with one attached hydrogen (secondary N) is 1. The molecule has 1 fully saturated rings. The van der Waals surface area contributed by atoms with E-state index in [2.05, 4.69) is 47.2 Å². The van der Waals surface area contributed by atoms with E-state index in [4.69, 9.17) is 4.74 Å². The molecule has 32 heavy (non-hydrogen) atoms. The molecule has 0 atom stereocenters. The molecule has 172 valence electrons. The van der Waals surface area contributed by atoms with Crippen LogP contribution in [0.4, 0.5) is 10.7 Å². The van der Waals surface area contributed by atoms with Crippen LogP contribution in [0.3, 0.4) is 0 Å². The molecule has 1 aliphatic carbocycles. The van der Waals surface area contributed by atoms with Crippen LogP contribution in [0.5, 0.6) is 0 Å². The van der Waals surface area contributed by atoms with Crippen molar-refractivity contribution in [3.63, 3.8) is 0 Å². The summed E-state index contributed by atoms with van der Waals surface area (Å²) in [6, 6.07) is 6.44. The first-order valence-electron chi connectivity index (χ1n) is 11.5. The molecule has 0 saturated carbocycles. The highest BCUT2D eigenvalue weighted by molar-refractivity contribution is 7.17. The van der Waals surface area contributed by atoms with Gasteiger partial charge in [0, 0.05) is 36.7 Å². The Morgan fingerprint density at radius 2 is 1.81 bits per heavy atom. The number of ether oxygens (including phenoxy) is 1. The normalized spacial score (nSPS) is 16.9. The summed E-state index contributed by atoms with van der Waals surface area (Å²) in [7, 11) is 1.41. The van der Waals surface area contributed by atoms with E-state index in [9.17, 15) is 9.59 Å². The minimum atomic E-state index is -0.346. The molecule has 1 aromatic heterocycles. The molecule has 2 aliphatic rings. The van der Waals surface area contributed by atoms with Crippen LogP contribution in [0, 0.1) is 13.8 Å². The van der Waals surface area contributed by atoms with Gasteiger partial charge in [-0.05, 0) is 62.3 Å². The van der Waals surface area contributed by atoms with Crippen molar-refractivity contribution in [2.24, 2.45) is 0 Å². The highest BCUT2D eigenvalue weighted by Gasteiger charge is 2.27. The lowest BCUT2D eigenvalue weighted by Gasteiger charge is -2.36. The number of anilines is 2. The van der Waals surface area contributed by atoms with Crippen molar-refractivity contribution in [2.75, 3.05) is 50.1 Å². The third-order valence-corrected chi connectivity index (χ3v) is 7.93. The molecule has 0 unspecified atom stereocenters. The maximum Gasteiger partial charge on any atom is 0.341 e. The van der Waals surface area contributed by atoms with Crippen LogP contribution in [0.25, 0.3) is 0 Å². The summed E-state index contributed by atoms with van der Waals surface area (Å²) < 4.78 is 5.05. The van der Waals surface area contributed by atoms with E-state index < -0.39 is 0 Å². The molecule has 1 N–H and O–H groups in total. The average molecular weight is 456 g/mol. The smallest absolute Gasteiger partial charge is 0.341 e. The molecule has 0 spiro atoms. The number of carbonyl (C=O) groups is 2. The zero-order valence-electron chi connectivity index (χ0n) is 19.3. The number of rotatable bonds is 5. The minimum Gasteiger partial charge on any atom is -0.465 e. The number of benzene rings is 1. The van der Waals surface area contributed by atoms with Crippen LogP contribution in [0.1, 0.15) is 51.2 Å². The second-order valence-corrected chi connectivity index (χ2v) is 9.90. The number of carbonyl (C=O) groups excluding carboxylic acids is 2. The van der Waals surface area contributed by atoms with E-state index >= 15 is 0 Å². The Morgan fingerprint density at radius 1 is 1.06 bits per heavy atom. The van der Waals surface area contributed by atoms with Crippen LogP contribution < -0.4 is 10.2 Å². The molecule has 2 heterocycles. The first-order valence-corrected chi connectivity index (χ1v) is 12.4. The predicted molar refractivity (Wildman–Crippen MR) is 130 cm³/mol. The van der Waals surface area contributed by atoms with E-state index in [1.807, 2.05) is 0 Å². The zero-order chi connectivity index (χ0) is 22.7. The second-order valence-electron chi connectivity index (χ2n) is 8.79. The van der Waals surface area contributed by atoms with Gasteiger partial charge in [-0.25, -0.2) is 4.79 Å². The number of hydrogen-bond donors (Lipinski definition) is 1. The van der Waals surface area contributed by atoms with Gasteiger partial charge in [0.15, 0.2) is 0 Å². The fraction of sp³-hybridized carbons (Fsp3) is 0.520. The van der Waals surface area contributed by atoms with Gasteiger partial charge >= 0.3 is 5.97 Å². The van der Waals surface area contributed by atoms with Crippen LogP contribution in [0.2, 0.25) is 0 Å². The minimum absolute atomic E-state index is 0.0632. The van der Waals surface area contributed by atoms with Gasteiger partial charge in [0.25, 0.3) is 0 Å². The Hall–Kier alpha value is -2.38. The van der Waals surface area contributed by atoms with Crippen molar-refractivity contribution >= 4 is 33.9 Å². The third kappa shape index (κ3) is 4.84. The Labute approximate surface area is 194 Å². The van der Waals surface area contributed by atoms with Gasteiger partial charge in [0.2, 0.25) is 5.91 Å². The van der Waals surface area contributed by atoms with Crippen LogP contribution in [0.15, 0.2) is 18.2 Å². The van der Waals surface area contributed by atoms with E-state index in [1.54, 1.807) is 11.3 Å². The summed E-state index contributed by atoms with van der Waals surface area (Å²) in [6.07, 6.45) is 5.24. The number of nitrogens with zero attached hydrogens (tertiary/aromatic N) is 2. The average Bonchev–Trinajstić information content (AvgIpc) is 2.96. The van der Waals surface area contributed by atoms with Crippen molar-refractivity contribution in [3.8, 4) is 0 Å². The molecular weight excluding hydrogens is 422 g/mol. The summed E-state index contributed by atoms with van der Waals surface area (Å²) in [4.78, 5) is 31.2. The summed E-state index contributed by atoms with van der Waals surface area (Å²) in [6.45, 7) is 8.13. The van der Waals surface area contributed by atoms with E-state index in [1.165, 1.54) is 35.2 Å². The maximum absolute atomic E-state index is 12.9. The van der Waals surface area contributed by atoms with Gasteiger partial charge in [-0.15, -0.1) is 11.3 Å². The highest BCUT2D eigenvalue weighted by Crippen LogP contribution is 2.38. The lowest BCUT2D eigenvalue weighted by atomic mass is 10.1. The Morgan fingerprint density at radius 3 is 2.56 bits per heavy atom. The zero-order valence-corrected chi connectivity index (χ0v) is 20.1. The third-order valence-electron chi connectivity index (χ3n) is 6.72. The Bertz CT molecular complexity index is 993. The number of fused-ring (bicyclic) bond motifs is 1. The number of methoxy groups -OCH3 is 1. The predicted octanol–water partition coefficient (Wildman–Crippen LogP) is 4.18. The Balaban J connectivity index is 1.39. The van der Waals surface area contributed by atoms with Crippen molar-refractivity contribution in [1.82, 2.24) is 4.90 Å². The highest BCUT2D eigenvalue weighted by atomic mass is 32.1. The van der Waals surface area contributed by atoms with Crippen molar-refractivity contribution in [2.45, 2.75) is 46.0 Å². The van der Waals surface area contributed by atoms with Gasteiger partial charge in [0.1, 0.15) is 5.00 Å². The largest absolute Gasteiger partial charge is 0.465 e. The molecular formula is C25H33N3O3S. The number of hydrogen-bond acceptors (Lipinski definition) is 6. The summed E-state index contributed by atoms with van der Waals surface area (Å²) >= 11 is 1.55. The van der Waals surface area contributed by atoms with Crippen LogP contribution in [-0.4, -0.2) is 56.6 Å². The summed E-state index contributed by atoms with van der Waals surface area (Å²) in [5.41, 5.74) is 5.57. The molecule has 1 amide bonds. The molecule has 4 rings (SSSR count). The van der Waals surface area contributed by atoms with E-state index in [0.29, 0.717) is 17.1 Å². The van der Waals surface area contributed by atoms with E-state index in [-0.39, 0.29) is 11.9 Å². The summed E-state index contributed by atoms with van der Waals surface area (Å²) in [5, 5.41) is 3.69. The van der Waals surface area contributed by atoms with E-state index in [0.717, 1.165) is 57.4 Å². The fourth-order valence-electron chi connectivity index (χ4n) is 4.74. The number of esters is 1. The van der Waals surface area contributed by atoms with Gasteiger partial charge < -0.3 is 15.0 Å². The fourth-order valence-corrected chi connectivity index (χ4v) is 6.04. The number of amides is 1. The first kappa shape index (κ1) is 22.8. The van der Waals surface area contributed by atoms with Crippen molar-refractivity contribution in [1.29, 1.82) is 0 Å². The molecule has 1 aliphatic heterocycles. The van der Waals surface area contributed by atoms with Crippen LogP contribution >= 0.6 is 11.3 Å². The second kappa shape index (κ2) is 10.0. The number of aryl methyl sites for hydroxylation is 2. The molecule has 7 heteroatoms. The van der Waals surface area contributed by atoms with Gasteiger partial charge in [0.05, 0.1) is 19.2 Å². The maximum atomic E-state index is 12.9. The monoisotopic (exact) mass is 455 g/mol. The topological polar surface area (TPSA) is 61.9 Å². The van der Waals surface area contributed by atoms with Gasteiger partial charge in [-0.1, -0.05) is 18.6 Å². The van der Waals surface area contributed by atoms with Crippen LogP contribution in [-0.2, 0) is 22.4 Å².